The third kappa shape index (κ3) is 2.30. The lowest BCUT2D eigenvalue weighted by atomic mass is 10.0. The molecule has 2 rings (SSSR count). The van der Waals surface area contributed by atoms with Crippen molar-refractivity contribution in [2.24, 2.45) is 5.73 Å². The largest absolute Gasteiger partial charge is 0.461 e. The van der Waals surface area contributed by atoms with E-state index in [2.05, 4.69) is 6.08 Å². The summed E-state index contributed by atoms with van der Waals surface area (Å²) in [6.07, 6.45) is 11.5. The van der Waals surface area contributed by atoms with Crippen LogP contribution in [0.4, 0.5) is 0 Å². The summed E-state index contributed by atoms with van der Waals surface area (Å²) in [6, 6.07) is -0.136. The van der Waals surface area contributed by atoms with Crippen LogP contribution < -0.4 is 5.73 Å². The van der Waals surface area contributed by atoms with Crippen molar-refractivity contribution in [3.05, 3.63) is 47.8 Å². The molecule has 0 bridgehead atoms. The molecule has 3 nitrogen and oxygen atoms in total. The van der Waals surface area contributed by atoms with Gasteiger partial charge in [0.2, 0.25) is 0 Å². The Hall–Kier alpha value is -1.48. The van der Waals surface area contributed by atoms with Crippen LogP contribution in [0.2, 0.25) is 0 Å². The van der Waals surface area contributed by atoms with Crippen molar-refractivity contribution in [3.63, 3.8) is 0 Å². The summed E-state index contributed by atoms with van der Waals surface area (Å²) in [7, 11) is 0. The van der Waals surface area contributed by atoms with Crippen LogP contribution in [-0.4, -0.2) is 6.04 Å². The molecule has 0 aromatic heterocycles. The highest BCUT2D eigenvalue weighted by atomic mass is 16.5. The van der Waals surface area contributed by atoms with E-state index in [1.807, 2.05) is 19.1 Å². The van der Waals surface area contributed by atoms with Crippen molar-refractivity contribution in [1.29, 1.82) is 0 Å². The van der Waals surface area contributed by atoms with Gasteiger partial charge < -0.3 is 15.2 Å². The third-order valence-electron chi connectivity index (χ3n) is 2.38. The molecule has 0 aromatic carbocycles. The molecule has 3 heteroatoms. The zero-order valence-corrected chi connectivity index (χ0v) is 8.77. The predicted octanol–water partition coefficient (Wildman–Crippen LogP) is 2.34. The van der Waals surface area contributed by atoms with Gasteiger partial charge in [-0.25, -0.2) is 0 Å². The van der Waals surface area contributed by atoms with Crippen LogP contribution in [0.1, 0.15) is 19.8 Å². The first-order valence-corrected chi connectivity index (χ1v) is 5.12. The molecule has 0 radical (unpaired) electrons. The van der Waals surface area contributed by atoms with Crippen LogP contribution in [0.15, 0.2) is 47.8 Å². The highest BCUT2D eigenvalue weighted by Crippen LogP contribution is 2.25. The molecule has 0 saturated heterocycles. The Bertz CT molecular complexity index is 362. The zero-order valence-electron chi connectivity index (χ0n) is 8.77. The van der Waals surface area contributed by atoms with Crippen molar-refractivity contribution in [3.8, 4) is 0 Å². The molecule has 0 saturated carbocycles. The molecule has 2 N–H and O–H groups in total. The molecule has 1 atom stereocenters. The second-order valence-corrected chi connectivity index (χ2v) is 3.69. The topological polar surface area (TPSA) is 44.5 Å². The van der Waals surface area contributed by atoms with Gasteiger partial charge >= 0.3 is 0 Å². The first kappa shape index (κ1) is 10.1. The number of allylic oxidation sites excluding steroid dienone is 4. The van der Waals surface area contributed by atoms with E-state index in [1.54, 1.807) is 12.5 Å². The minimum atomic E-state index is -0.136. The quantitative estimate of drug-likeness (QED) is 0.752. The maximum atomic E-state index is 5.66. The average Bonchev–Trinajstić information content (AvgIpc) is 2.30. The van der Waals surface area contributed by atoms with E-state index in [1.165, 1.54) is 0 Å². The molecule has 0 fully saturated rings. The molecule has 0 amide bonds. The van der Waals surface area contributed by atoms with Gasteiger partial charge in [-0.15, -0.1) is 0 Å². The molecule has 0 spiro atoms. The molecule has 2 aliphatic rings. The van der Waals surface area contributed by atoms with Crippen molar-refractivity contribution in [1.82, 2.24) is 0 Å². The van der Waals surface area contributed by atoms with Crippen LogP contribution in [-0.2, 0) is 9.47 Å². The number of ether oxygens (including phenoxy) is 2. The highest BCUT2D eigenvalue weighted by Gasteiger charge is 2.15. The van der Waals surface area contributed by atoms with E-state index < -0.39 is 0 Å². The van der Waals surface area contributed by atoms with Crippen molar-refractivity contribution in [2.45, 2.75) is 25.8 Å². The summed E-state index contributed by atoms with van der Waals surface area (Å²) >= 11 is 0. The summed E-state index contributed by atoms with van der Waals surface area (Å²) in [6.45, 7) is 1.86. The van der Waals surface area contributed by atoms with E-state index in [0.29, 0.717) is 5.76 Å². The number of nitrogens with two attached hydrogens (primary N) is 1. The highest BCUT2D eigenvalue weighted by molar-refractivity contribution is 5.33. The second-order valence-electron chi connectivity index (χ2n) is 3.69. The lowest BCUT2D eigenvalue weighted by Crippen LogP contribution is -2.20. The number of rotatable bonds is 2. The summed E-state index contributed by atoms with van der Waals surface area (Å²) in [5.41, 5.74) is 6.83. The molecule has 0 unspecified atom stereocenters. The lowest BCUT2D eigenvalue weighted by Gasteiger charge is -2.19. The molecular formula is C12H15NO2. The summed E-state index contributed by atoms with van der Waals surface area (Å²) in [4.78, 5) is 0. The van der Waals surface area contributed by atoms with Gasteiger partial charge in [-0.3, -0.25) is 0 Å². The smallest absolute Gasteiger partial charge is 0.164 e. The Morgan fingerprint density at radius 1 is 1.33 bits per heavy atom. The van der Waals surface area contributed by atoms with E-state index in [0.717, 1.165) is 24.2 Å². The molecule has 80 valence electrons. The molecular weight excluding hydrogens is 190 g/mol. The fourth-order valence-corrected chi connectivity index (χ4v) is 1.47. The van der Waals surface area contributed by atoms with Crippen LogP contribution in [0.3, 0.4) is 0 Å². The fourth-order valence-electron chi connectivity index (χ4n) is 1.47. The van der Waals surface area contributed by atoms with E-state index in [9.17, 15) is 0 Å². The normalized spacial score (nSPS) is 21.9. The van der Waals surface area contributed by atoms with Gasteiger partial charge in [-0.1, -0.05) is 18.2 Å². The predicted molar refractivity (Wildman–Crippen MR) is 58.4 cm³/mol. The zero-order chi connectivity index (χ0) is 10.7. The van der Waals surface area contributed by atoms with E-state index in [4.69, 9.17) is 15.2 Å². The fraction of sp³-hybridized carbons (Fsp3) is 0.333. The van der Waals surface area contributed by atoms with Crippen LogP contribution in [0, 0.1) is 0 Å². The maximum Gasteiger partial charge on any atom is 0.164 e. The van der Waals surface area contributed by atoms with Gasteiger partial charge in [0, 0.05) is 0 Å². The molecule has 0 aromatic rings. The van der Waals surface area contributed by atoms with Gasteiger partial charge in [0.1, 0.15) is 12.5 Å². The van der Waals surface area contributed by atoms with Gasteiger partial charge in [0.25, 0.3) is 0 Å². The molecule has 1 heterocycles. The minimum Gasteiger partial charge on any atom is -0.461 e. The second kappa shape index (κ2) is 4.36. The van der Waals surface area contributed by atoms with Gasteiger partial charge in [-0.05, 0) is 25.3 Å². The first-order valence-electron chi connectivity index (χ1n) is 5.12. The Labute approximate surface area is 89.6 Å². The molecule has 1 aliphatic carbocycles. The van der Waals surface area contributed by atoms with Gasteiger partial charge in [0.05, 0.1) is 6.04 Å². The Kier molecular flexibility index (Phi) is 2.92. The summed E-state index contributed by atoms with van der Waals surface area (Å²) < 4.78 is 10.9. The van der Waals surface area contributed by atoms with Crippen LogP contribution >= 0.6 is 0 Å². The summed E-state index contributed by atoms with van der Waals surface area (Å²) in [5.74, 6) is 1.44. The Balaban J connectivity index is 2.04. The maximum absolute atomic E-state index is 5.66. The Morgan fingerprint density at radius 3 is 2.73 bits per heavy atom. The van der Waals surface area contributed by atoms with E-state index >= 15 is 0 Å². The Morgan fingerprint density at radius 2 is 2.20 bits per heavy atom. The van der Waals surface area contributed by atoms with E-state index in [-0.39, 0.29) is 6.04 Å². The van der Waals surface area contributed by atoms with Gasteiger partial charge in [0.15, 0.2) is 11.5 Å². The SMILES string of the molecule is C[C@@H](N)C1=COC(C2=CC=CCC2)=CO1. The molecule has 15 heavy (non-hydrogen) atoms. The standard InChI is InChI=1S/C12H15NO2/c1-9(13)11-7-15-12(8-14-11)10-5-3-2-4-6-10/h2-3,5,7-9H,4,6,13H2,1H3/t9-/m1/s1. The van der Waals surface area contributed by atoms with Crippen molar-refractivity contribution < 1.29 is 9.47 Å². The summed E-state index contributed by atoms with van der Waals surface area (Å²) in [5, 5.41) is 0. The third-order valence-corrected chi connectivity index (χ3v) is 2.38. The number of hydrogen-bond donors (Lipinski definition) is 1. The van der Waals surface area contributed by atoms with Gasteiger partial charge in [-0.2, -0.15) is 0 Å². The van der Waals surface area contributed by atoms with Crippen LogP contribution in [0.5, 0.6) is 0 Å². The first-order chi connectivity index (χ1) is 7.27. The average molecular weight is 205 g/mol. The van der Waals surface area contributed by atoms with Crippen molar-refractivity contribution in [2.75, 3.05) is 0 Å². The minimum absolute atomic E-state index is 0.136. The monoisotopic (exact) mass is 205 g/mol. The van der Waals surface area contributed by atoms with Crippen molar-refractivity contribution >= 4 is 0 Å². The number of hydrogen-bond acceptors (Lipinski definition) is 3. The lowest BCUT2D eigenvalue weighted by molar-refractivity contribution is 0.219. The van der Waals surface area contributed by atoms with Crippen LogP contribution in [0.25, 0.3) is 0 Å². The molecule has 1 aliphatic heterocycles.